The number of anilines is 1. The first-order valence-corrected chi connectivity index (χ1v) is 6.32. The third-order valence-corrected chi connectivity index (χ3v) is 3.61. The van der Waals surface area contributed by atoms with Crippen molar-refractivity contribution in [3.05, 3.63) is 38.7 Å². The highest BCUT2D eigenvalue weighted by Gasteiger charge is 2.04. The van der Waals surface area contributed by atoms with Crippen LogP contribution >= 0.6 is 27.7 Å². The van der Waals surface area contributed by atoms with E-state index in [-0.39, 0.29) is 11.4 Å². The Balaban J connectivity index is 2.31. The van der Waals surface area contributed by atoms with Crippen molar-refractivity contribution in [2.75, 3.05) is 5.73 Å². The second-order valence-corrected chi connectivity index (χ2v) is 5.21. The summed E-state index contributed by atoms with van der Waals surface area (Å²) in [6, 6.07) is 3.14. The first-order chi connectivity index (χ1) is 8.04. The quantitative estimate of drug-likeness (QED) is 0.828. The number of aryl methyl sites for hydroxylation is 1. The van der Waals surface area contributed by atoms with Crippen molar-refractivity contribution in [3.8, 4) is 0 Å². The SMILES string of the molecule is Cc1cc(Sc2nc(N)cc(=O)[nH]2)ncc1Br. The molecule has 2 aromatic heterocycles. The van der Waals surface area contributed by atoms with E-state index in [0.717, 1.165) is 15.1 Å². The molecule has 17 heavy (non-hydrogen) atoms. The minimum Gasteiger partial charge on any atom is -0.383 e. The number of nitrogen functional groups attached to an aromatic ring is 1. The molecule has 0 atom stereocenters. The van der Waals surface area contributed by atoms with Crippen LogP contribution in [0.4, 0.5) is 5.82 Å². The van der Waals surface area contributed by atoms with Gasteiger partial charge in [-0.3, -0.25) is 4.79 Å². The molecule has 0 aliphatic heterocycles. The number of aromatic nitrogens is 3. The highest BCUT2D eigenvalue weighted by atomic mass is 79.9. The summed E-state index contributed by atoms with van der Waals surface area (Å²) in [5.41, 5.74) is 6.29. The zero-order chi connectivity index (χ0) is 12.4. The molecule has 0 fully saturated rings. The van der Waals surface area contributed by atoms with Crippen molar-refractivity contribution in [1.82, 2.24) is 15.0 Å². The van der Waals surface area contributed by atoms with Gasteiger partial charge >= 0.3 is 0 Å². The first-order valence-electron chi connectivity index (χ1n) is 4.71. The minimum absolute atomic E-state index is 0.199. The Hall–Kier alpha value is -1.34. The number of pyridine rings is 1. The van der Waals surface area contributed by atoms with Gasteiger partial charge in [-0.05, 0) is 46.2 Å². The van der Waals surface area contributed by atoms with Crippen molar-refractivity contribution in [2.24, 2.45) is 0 Å². The molecule has 0 aliphatic rings. The highest BCUT2D eigenvalue weighted by Crippen LogP contribution is 2.25. The second-order valence-electron chi connectivity index (χ2n) is 3.35. The van der Waals surface area contributed by atoms with Gasteiger partial charge in [0.1, 0.15) is 10.8 Å². The number of nitrogens with two attached hydrogens (primary N) is 1. The zero-order valence-corrected chi connectivity index (χ0v) is 11.3. The Morgan fingerprint density at radius 2 is 2.24 bits per heavy atom. The van der Waals surface area contributed by atoms with Gasteiger partial charge in [0.05, 0.1) is 0 Å². The Morgan fingerprint density at radius 3 is 2.88 bits per heavy atom. The maximum Gasteiger partial charge on any atom is 0.253 e. The monoisotopic (exact) mass is 312 g/mol. The Kier molecular flexibility index (Phi) is 3.49. The molecule has 0 saturated carbocycles. The molecule has 0 amide bonds. The Morgan fingerprint density at radius 1 is 1.47 bits per heavy atom. The number of H-pyrrole nitrogens is 1. The van der Waals surface area contributed by atoms with Gasteiger partial charge < -0.3 is 10.7 Å². The molecule has 0 aliphatic carbocycles. The molecule has 2 heterocycles. The van der Waals surface area contributed by atoms with Crippen LogP contribution in [-0.2, 0) is 0 Å². The van der Waals surface area contributed by atoms with Crippen molar-refractivity contribution in [3.63, 3.8) is 0 Å². The molecule has 7 heteroatoms. The normalized spacial score (nSPS) is 10.5. The molecule has 3 N–H and O–H groups in total. The van der Waals surface area contributed by atoms with Crippen LogP contribution in [-0.4, -0.2) is 15.0 Å². The molecule has 0 bridgehead atoms. The van der Waals surface area contributed by atoms with Gasteiger partial charge in [-0.1, -0.05) is 0 Å². The predicted molar refractivity (Wildman–Crippen MR) is 70.1 cm³/mol. The molecule has 0 saturated heterocycles. The third kappa shape index (κ3) is 3.07. The van der Waals surface area contributed by atoms with Crippen molar-refractivity contribution in [1.29, 1.82) is 0 Å². The zero-order valence-electron chi connectivity index (χ0n) is 8.90. The van der Waals surface area contributed by atoms with Crippen LogP contribution in [0.2, 0.25) is 0 Å². The summed E-state index contributed by atoms with van der Waals surface area (Å²) in [6.45, 7) is 1.96. The van der Waals surface area contributed by atoms with Crippen LogP contribution < -0.4 is 11.3 Å². The van der Waals surface area contributed by atoms with E-state index in [1.165, 1.54) is 17.8 Å². The molecule has 0 aromatic carbocycles. The summed E-state index contributed by atoms with van der Waals surface area (Å²) in [5, 5.41) is 1.18. The fourth-order valence-electron chi connectivity index (χ4n) is 1.17. The lowest BCUT2D eigenvalue weighted by atomic mass is 10.3. The van der Waals surface area contributed by atoms with Crippen molar-refractivity contribution in [2.45, 2.75) is 17.1 Å². The maximum atomic E-state index is 11.2. The lowest BCUT2D eigenvalue weighted by Crippen LogP contribution is -2.09. The molecule has 2 rings (SSSR count). The number of nitrogens with zero attached hydrogens (tertiary/aromatic N) is 2. The van der Waals surface area contributed by atoms with Crippen LogP contribution in [0.15, 0.2) is 37.8 Å². The fraction of sp³-hybridized carbons (Fsp3) is 0.100. The Bertz CT molecular complexity index is 613. The van der Waals surface area contributed by atoms with Gasteiger partial charge in [-0.15, -0.1) is 0 Å². The van der Waals surface area contributed by atoms with E-state index < -0.39 is 0 Å². The molecule has 2 aromatic rings. The fourth-order valence-corrected chi connectivity index (χ4v) is 2.23. The van der Waals surface area contributed by atoms with Crippen LogP contribution in [0, 0.1) is 6.92 Å². The minimum atomic E-state index is -0.270. The number of hydrogen-bond acceptors (Lipinski definition) is 5. The Labute approximate surface area is 110 Å². The number of hydrogen-bond donors (Lipinski definition) is 2. The maximum absolute atomic E-state index is 11.2. The summed E-state index contributed by atoms with van der Waals surface area (Å²) >= 11 is 4.63. The van der Waals surface area contributed by atoms with Gasteiger partial charge in [0.15, 0.2) is 5.16 Å². The number of aromatic amines is 1. The first kappa shape index (κ1) is 12.1. The molecule has 88 valence electrons. The van der Waals surface area contributed by atoms with E-state index in [4.69, 9.17) is 5.73 Å². The van der Waals surface area contributed by atoms with Crippen LogP contribution in [0.5, 0.6) is 0 Å². The van der Waals surface area contributed by atoms with Crippen LogP contribution in [0.25, 0.3) is 0 Å². The largest absolute Gasteiger partial charge is 0.383 e. The average Bonchev–Trinajstić information content (AvgIpc) is 2.22. The summed E-state index contributed by atoms with van der Waals surface area (Å²) < 4.78 is 0.941. The smallest absolute Gasteiger partial charge is 0.253 e. The molecule has 0 unspecified atom stereocenters. The molecular weight excluding hydrogens is 304 g/mol. The summed E-state index contributed by atoms with van der Waals surface area (Å²) in [4.78, 5) is 22.0. The highest BCUT2D eigenvalue weighted by molar-refractivity contribution is 9.10. The van der Waals surface area contributed by atoms with Crippen LogP contribution in [0.3, 0.4) is 0 Å². The molecular formula is C10H9BrN4OS. The summed E-state index contributed by atoms with van der Waals surface area (Å²) in [6.07, 6.45) is 1.71. The molecule has 0 radical (unpaired) electrons. The topological polar surface area (TPSA) is 84.7 Å². The number of rotatable bonds is 2. The van der Waals surface area contributed by atoms with E-state index in [1.807, 2.05) is 13.0 Å². The van der Waals surface area contributed by atoms with Gasteiger partial charge in [0, 0.05) is 16.7 Å². The summed E-state index contributed by atoms with van der Waals surface area (Å²) in [7, 11) is 0. The number of nitrogens with one attached hydrogen (secondary N) is 1. The van der Waals surface area contributed by atoms with Gasteiger partial charge in [0.25, 0.3) is 5.56 Å². The standard InChI is InChI=1S/C10H9BrN4OS/c1-5-2-9(13-4-6(5)11)17-10-14-7(12)3-8(16)15-10/h2-4H,1H3,(H3,12,14,15,16). The van der Waals surface area contributed by atoms with Crippen molar-refractivity contribution >= 4 is 33.5 Å². The van der Waals surface area contributed by atoms with E-state index in [9.17, 15) is 4.79 Å². The molecule has 0 spiro atoms. The van der Waals surface area contributed by atoms with Gasteiger partial charge in [0.2, 0.25) is 0 Å². The molecule has 5 nitrogen and oxygen atoms in total. The average molecular weight is 313 g/mol. The lowest BCUT2D eigenvalue weighted by molar-refractivity contribution is 0.939. The van der Waals surface area contributed by atoms with E-state index in [0.29, 0.717) is 5.16 Å². The van der Waals surface area contributed by atoms with E-state index in [2.05, 4.69) is 30.9 Å². The summed E-state index contributed by atoms with van der Waals surface area (Å²) in [5.74, 6) is 0.199. The van der Waals surface area contributed by atoms with Crippen LogP contribution in [0.1, 0.15) is 5.56 Å². The third-order valence-electron chi connectivity index (χ3n) is 1.96. The van der Waals surface area contributed by atoms with Crippen molar-refractivity contribution < 1.29 is 0 Å². The lowest BCUT2D eigenvalue weighted by Gasteiger charge is -2.03. The van der Waals surface area contributed by atoms with Gasteiger partial charge in [-0.25, -0.2) is 9.97 Å². The second kappa shape index (κ2) is 4.89. The predicted octanol–water partition coefficient (Wildman–Crippen LogP) is 1.97. The van der Waals surface area contributed by atoms with E-state index in [1.54, 1.807) is 6.20 Å². The van der Waals surface area contributed by atoms with E-state index >= 15 is 0 Å². The van der Waals surface area contributed by atoms with Gasteiger partial charge in [-0.2, -0.15) is 0 Å². The number of halogens is 1.